The predicted octanol–water partition coefficient (Wildman–Crippen LogP) is 3.33. The molecular formula is C14H19N3. The minimum Gasteiger partial charge on any atom is -0.368 e. The number of nitrogens with zero attached hydrogens (tertiary/aromatic N) is 2. The molecule has 0 aliphatic carbocycles. The third kappa shape index (κ3) is 2.93. The van der Waals surface area contributed by atoms with Gasteiger partial charge in [0.1, 0.15) is 5.82 Å². The summed E-state index contributed by atoms with van der Waals surface area (Å²) < 4.78 is 0. The number of hydrogen-bond donors (Lipinski definition) is 1. The molecular weight excluding hydrogens is 210 g/mol. The molecule has 0 radical (unpaired) electrons. The quantitative estimate of drug-likeness (QED) is 0.873. The van der Waals surface area contributed by atoms with Crippen LogP contribution in [-0.4, -0.2) is 16.5 Å². The van der Waals surface area contributed by atoms with Crippen LogP contribution in [0.4, 0.5) is 5.82 Å². The Balaban J connectivity index is 2.09. The van der Waals surface area contributed by atoms with Crippen molar-refractivity contribution in [1.82, 2.24) is 9.97 Å². The molecule has 1 aromatic carbocycles. The first-order chi connectivity index (χ1) is 8.16. The molecule has 0 aliphatic heterocycles. The van der Waals surface area contributed by atoms with Gasteiger partial charge in [0.05, 0.1) is 17.2 Å². The maximum Gasteiger partial charge on any atom is 0.145 e. The second-order valence-corrected chi connectivity index (χ2v) is 4.85. The summed E-state index contributed by atoms with van der Waals surface area (Å²) in [5, 5.41) is 3.34. The molecule has 1 aromatic heterocycles. The fraction of sp³-hybridized carbons (Fsp3) is 0.429. The van der Waals surface area contributed by atoms with Crippen LogP contribution in [0.3, 0.4) is 0 Å². The summed E-state index contributed by atoms with van der Waals surface area (Å²) in [4.78, 5) is 8.91. The van der Waals surface area contributed by atoms with E-state index >= 15 is 0 Å². The zero-order valence-corrected chi connectivity index (χ0v) is 10.6. The normalized spacial score (nSPS) is 12.9. The molecule has 0 spiro atoms. The van der Waals surface area contributed by atoms with Crippen molar-refractivity contribution in [2.75, 3.05) is 11.9 Å². The molecule has 90 valence electrons. The molecule has 1 unspecified atom stereocenters. The van der Waals surface area contributed by atoms with Crippen molar-refractivity contribution in [2.45, 2.75) is 20.8 Å². The van der Waals surface area contributed by atoms with Crippen molar-refractivity contribution in [3.63, 3.8) is 0 Å². The summed E-state index contributed by atoms with van der Waals surface area (Å²) in [6.45, 7) is 7.65. The standard InChI is InChI=1S/C14H19N3/c1-10(2)11(3)8-16-14-9-15-12-6-4-5-7-13(12)17-14/h4-7,9-11H,8H2,1-3H3,(H,16,17). The first kappa shape index (κ1) is 11.8. The largest absolute Gasteiger partial charge is 0.368 e. The highest BCUT2D eigenvalue weighted by Crippen LogP contribution is 2.13. The van der Waals surface area contributed by atoms with Gasteiger partial charge in [-0.2, -0.15) is 0 Å². The lowest BCUT2D eigenvalue weighted by Gasteiger charge is -2.16. The molecule has 1 N–H and O–H groups in total. The number of fused-ring (bicyclic) bond motifs is 1. The molecule has 2 aromatic rings. The van der Waals surface area contributed by atoms with E-state index < -0.39 is 0 Å². The number of rotatable bonds is 4. The molecule has 0 saturated heterocycles. The summed E-state index contributed by atoms with van der Waals surface area (Å²) in [6.07, 6.45) is 1.80. The monoisotopic (exact) mass is 229 g/mol. The number of nitrogens with one attached hydrogen (secondary N) is 1. The Morgan fingerprint density at radius 1 is 1.12 bits per heavy atom. The fourth-order valence-electron chi connectivity index (χ4n) is 1.54. The molecule has 1 heterocycles. The van der Waals surface area contributed by atoms with E-state index in [1.54, 1.807) is 6.20 Å². The van der Waals surface area contributed by atoms with Crippen molar-refractivity contribution < 1.29 is 0 Å². The first-order valence-electron chi connectivity index (χ1n) is 6.12. The fourth-order valence-corrected chi connectivity index (χ4v) is 1.54. The highest BCUT2D eigenvalue weighted by Gasteiger charge is 2.07. The Labute approximate surface area is 102 Å². The van der Waals surface area contributed by atoms with Gasteiger partial charge in [0.25, 0.3) is 0 Å². The third-order valence-corrected chi connectivity index (χ3v) is 3.19. The summed E-state index contributed by atoms with van der Waals surface area (Å²) in [6, 6.07) is 7.92. The van der Waals surface area contributed by atoms with Gasteiger partial charge in [-0.1, -0.05) is 32.9 Å². The van der Waals surface area contributed by atoms with E-state index in [1.165, 1.54) is 0 Å². The molecule has 1 atom stereocenters. The highest BCUT2D eigenvalue weighted by molar-refractivity contribution is 5.75. The van der Waals surface area contributed by atoms with Gasteiger partial charge >= 0.3 is 0 Å². The van der Waals surface area contributed by atoms with Crippen LogP contribution >= 0.6 is 0 Å². The van der Waals surface area contributed by atoms with Crippen LogP contribution in [-0.2, 0) is 0 Å². The highest BCUT2D eigenvalue weighted by atomic mass is 15.0. The number of anilines is 1. The van der Waals surface area contributed by atoms with Gasteiger partial charge in [-0.05, 0) is 24.0 Å². The Morgan fingerprint density at radius 2 is 1.82 bits per heavy atom. The number of hydrogen-bond acceptors (Lipinski definition) is 3. The van der Waals surface area contributed by atoms with E-state index in [0.29, 0.717) is 11.8 Å². The summed E-state index contributed by atoms with van der Waals surface area (Å²) in [5.41, 5.74) is 1.88. The van der Waals surface area contributed by atoms with Crippen LogP contribution in [0, 0.1) is 11.8 Å². The van der Waals surface area contributed by atoms with E-state index in [1.807, 2.05) is 24.3 Å². The van der Waals surface area contributed by atoms with E-state index in [-0.39, 0.29) is 0 Å². The lowest BCUT2D eigenvalue weighted by molar-refractivity contribution is 0.439. The lowest BCUT2D eigenvalue weighted by Crippen LogP contribution is -2.16. The van der Waals surface area contributed by atoms with Crippen molar-refractivity contribution in [3.8, 4) is 0 Å². The average molecular weight is 229 g/mol. The van der Waals surface area contributed by atoms with Crippen LogP contribution in [0.5, 0.6) is 0 Å². The van der Waals surface area contributed by atoms with E-state index in [4.69, 9.17) is 0 Å². The molecule has 0 aliphatic rings. The van der Waals surface area contributed by atoms with Crippen LogP contribution in [0.2, 0.25) is 0 Å². The Bertz CT molecular complexity index is 494. The minimum absolute atomic E-state index is 0.628. The zero-order valence-electron chi connectivity index (χ0n) is 10.6. The Kier molecular flexibility index (Phi) is 3.57. The van der Waals surface area contributed by atoms with Gasteiger partial charge in [-0.25, -0.2) is 4.98 Å². The maximum atomic E-state index is 4.53. The Morgan fingerprint density at radius 3 is 2.53 bits per heavy atom. The molecule has 2 rings (SSSR count). The van der Waals surface area contributed by atoms with Crippen molar-refractivity contribution in [3.05, 3.63) is 30.5 Å². The first-order valence-corrected chi connectivity index (χ1v) is 6.12. The number of benzene rings is 1. The number of para-hydroxylation sites is 2. The molecule has 17 heavy (non-hydrogen) atoms. The van der Waals surface area contributed by atoms with Gasteiger partial charge in [0, 0.05) is 6.54 Å². The molecule has 3 nitrogen and oxygen atoms in total. The van der Waals surface area contributed by atoms with Crippen molar-refractivity contribution >= 4 is 16.9 Å². The molecule has 3 heteroatoms. The topological polar surface area (TPSA) is 37.8 Å². The summed E-state index contributed by atoms with van der Waals surface area (Å²) >= 11 is 0. The molecule has 0 fully saturated rings. The average Bonchev–Trinajstić information content (AvgIpc) is 2.35. The van der Waals surface area contributed by atoms with Crippen LogP contribution in [0.1, 0.15) is 20.8 Å². The van der Waals surface area contributed by atoms with Gasteiger partial charge in [0.15, 0.2) is 0 Å². The van der Waals surface area contributed by atoms with E-state index in [9.17, 15) is 0 Å². The molecule has 0 amide bonds. The molecule has 0 saturated carbocycles. The van der Waals surface area contributed by atoms with Crippen LogP contribution in [0.15, 0.2) is 30.5 Å². The van der Waals surface area contributed by atoms with Crippen molar-refractivity contribution in [1.29, 1.82) is 0 Å². The van der Waals surface area contributed by atoms with Gasteiger partial charge < -0.3 is 5.32 Å². The third-order valence-electron chi connectivity index (χ3n) is 3.19. The Hall–Kier alpha value is -1.64. The van der Waals surface area contributed by atoms with Crippen molar-refractivity contribution in [2.24, 2.45) is 11.8 Å². The van der Waals surface area contributed by atoms with Crippen LogP contribution in [0.25, 0.3) is 11.0 Å². The predicted molar refractivity (Wildman–Crippen MR) is 72.0 cm³/mol. The maximum absolute atomic E-state index is 4.53. The zero-order chi connectivity index (χ0) is 12.3. The molecule has 0 bridgehead atoms. The summed E-state index contributed by atoms with van der Waals surface area (Å²) in [5.74, 6) is 2.16. The van der Waals surface area contributed by atoms with Gasteiger partial charge in [-0.3, -0.25) is 4.98 Å². The van der Waals surface area contributed by atoms with Gasteiger partial charge in [-0.15, -0.1) is 0 Å². The minimum atomic E-state index is 0.628. The van der Waals surface area contributed by atoms with Crippen LogP contribution < -0.4 is 5.32 Å². The second kappa shape index (κ2) is 5.13. The SMILES string of the molecule is CC(C)C(C)CNc1cnc2ccccc2n1. The summed E-state index contributed by atoms with van der Waals surface area (Å²) in [7, 11) is 0. The number of aromatic nitrogens is 2. The van der Waals surface area contributed by atoms with Gasteiger partial charge in [0.2, 0.25) is 0 Å². The van der Waals surface area contributed by atoms with E-state index in [2.05, 4.69) is 36.1 Å². The smallest absolute Gasteiger partial charge is 0.145 e. The second-order valence-electron chi connectivity index (χ2n) is 4.85. The lowest BCUT2D eigenvalue weighted by atomic mass is 9.98. The van der Waals surface area contributed by atoms with E-state index in [0.717, 1.165) is 23.4 Å².